The van der Waals surface area contributed by atoms with Gasteiger partial charge in [0, 0.05) is 43.0 Å². The molecule has 2 aliphatic rings. The van der Waals surface area contributed by atoms with Gasteiger partial charge in [-0.05, 0) is 60.4 Å². The van der Waals surface area contributed by atoms with Gasteiger partial charge in [0.1, 0.15) is 18.0 Å². The van der Waals surface area contributed by atoms with E-state index in [1.54, 1.807) is 12.5 Å². The van der Waals surface area contributed by atoms with Crippen molar-refractivity contribution in [2.75, 3.05) is 30.4 Å². The van der Waals surface area contributed by atoms with Gasteiger partial charge in [-0.2, -0.15) is 0 Å². The molecule has 1 atom stereocenters. The van der Waals surface area contributed by atoms with Crippen LogP contribution in [0.1, 0.15) is 50.2 Å². The third kappa shape index (κ3) is 5.30. The van der Waals surface area contributed by atoms with Crippen LogP contribution >= 0.6 is 0 Å². The Morgan fingerprint density at radius 1 is 1.05 bits per heavy atom. The van der Waals surface area contributed by atoms with E-state index in [4.69, 9.17) is 9.97 Å². The Kier molecular flexibility index (Phi) is 6.78. The van der Waals surface area contributed by atoms with Crippen LogP contribution in [0.15, 0.2) is 67.4 Å². The van der Waals surface area contributed by atoms with Crippen molar-refractivity contribution in [2.24, 2.45) is 5.41 Å². The van der Waals surface area contributed by atoms with Crippen LogP contribution in [0.4, 0.5) is 17.6 Å². The van der Waals surface area contributed by atoms with E-state index in [1.165, 1.54) is 18.4 Å². The maximum atomic E-state index is 5.26. The summed E-state index contributed by atoms with van der Waals surface area (Å²) in [5.41, 5.74) is 4.28. The highest BCUT2D eigenvalue weighted by Gasteiger charge is 2.37. The number of nitrogens with zero attached hydrogens (tertiary/aromatic N) is 8. The molecule has 10 heteroatoms. The lowest BCUT2D eigenvalue weighted by Gasteiger charge is -2.45. The number of anilines is 3. The summed E-state index contributed by atoms with van der Waals surface area (Å²) >= 11 is 0. The van der Waals surface area contributed by atoms with Crippen LogP contribution in [-0.4, -0.2) is 60.9 Å². The number of benzene rings is 1. The number of rotatable bonds is 8. The van der Waals surface area contributed by atoms with Crippen molar-refractivity contribution in [1.29, 1.82) is 0 Å². The SMILES string of the molecule is CN(c1nc(-c2ccnc(Nc3ncn(Cc4ccccc4)n3)c2)nc2cncc(C3CC3)c12)C1CCNCC1(C)C. The van der Waals surface area contributed by atoms with Gasteiger partial charge < -0.3 is 15.5 Å². The van der Waals surface area contributed by atoms with E-state index >= 15 is 0 Å². The average molecular weight is 561 g/mol. The van der Waals surface area contributed by atoms with Crippen LogP contribution in [0.2, 0.25) is 0 Å². The van der Waals surface area contributed by atoms with Crippen molar-refractivity contribution < 1.29 is 0 Å². The van der Waals surface area contributed by atoms with Crippen molar-refractivity contribution in [3.05, 3.63) is 78.5 Å². The Morgan fingerprint density at radius 2 is 1.90 bits per heavy atom. The first-order valence-electron chi connectivity index (χ1n) is 14.7. The van der Waals surface area contributed by atoms with Gasteiger partial charge >= 0.3 is 0 Å². The molecule has 1 aliphatic carbocycles. The van der Waals surface area contributed by atoms with E-state index < -0.39 is 0 Å². The zero-order chi connectivity index (χ0) is 28.7. The molecule has 214 valence electrons. The summed E-state index contributed by atoms with van der Waals surface area (Å²) < 4.78 is 1.81. The second kappa shape index (κ2) is 10.8. The summed E-state index contributed by atoms with van der Waals surface area (Å²) in [6, 6.07) is 14.4. The van der Waals surface area contributed by atoms with E-state index in [0.717, 1.165) is 47.4 Å². The molecule has 0 spiro atoms. The van der Waals surface area contributed by atoms with Crippen molar-refractivity contribution >= 4 is 28.5 Å². The number of pyridine rings is 2. The second-order valence-corrected chi connectivity index (χ2v) is 12.2. The molecule has 1 saturated carbocycles. The fourth-order valence-electron chi connectivity index (χ4n) is 6.15. The molecule has 5 aromatic rings. The van der Waals surface area contributed by atoms with E-state index in [-0.39, 0.29) is 5.41 Å². The topological polar surface area (TPSA) is 110 Å². The van der Waals surface area contributed by atoms with E-state index in [9.17, 15) is 0 Å². The predicted octanol–water partition coefficient (Wildman–Crippen LogP) is 5.17. The Hall–Kier alpha value is -4.44. The van der Waals surface area contributed by atoms with Gasteiger partial charge in [0.25, 0.3) is 0 Å². The normalized spacial score (nSPS) is 18.2. The maximum Gasteiger partial charge on any atom is 0.247 e. The summed E-state index contributed by atoms with van der Waals surface area (Å²) in [6.07, 6.45) is 10.8. The molecule has 7 rings (SSSR count). The van der Waals surface area contributed by atoms with E-state index in [0.29, 0.717) is 36.1 Å². The first-order chi connectivity index (χ1) is 20.4. The largest absolute Gasteiger partial charge is 0.355 e. The quantitative estimate of drug-likeness (QED) is 0.266. The lowest BCUT2D eigenvalue weighted by molar-refractivity contribution is 0.215. The fourth-order valence-corrected chi connectivity index (χ4v) is 6.15. The van der Waals surface area contributed by atoms with Gasteiger partial charge in [-0.1, -0.05) is 44.2 Å². The molecule has 2 fully saturated rings. The molecule has 0 bridgehead atoms. The van der Waals surface area contributed by atoms with Gasteiger partial charge in [-0.3, -0.25) is 4.98 Å². The highest BCUT2D eigenvalue weighted by molar-refractivity contribution is 5.94. The lowest BCUT2D eigenvalue weighted by Crippen LogP contribution is -2.53. The summed E-state index contributed by atoms with van der Waals surface area (Å²) in [5.74, 6) is 3.29. The Labute approximate surface area is 245 Å². The van der Waals surface area contributed by atoms with Gasteiger partial charge in [-0.15, -0.1) is 5.10 Å². The molecule has 1 aliphatic heterocycles. The molecule has 1 aromatic carbocycles. The Balaban J connectivity index is 1.23. The molecule has 42 heavy (non-hydrogen) atoms. The summed E-state index contributed by atoms with van der Waals surface area (Å²) in [4.78, 5) is 26.2. The molecule has 1 unspecified atom stereocenters. The van der Waals surface area contributed by atoms with Crippen molar-refractivity contribution in [2.45, 2.75) is 51.6 Å². The fraction of sp³-hybridized carbons (Fsp3) is 0.375. The van der Waals surface area contributed by atoms with Crippen LogP contribution in [-0.2, 0) is 6.54 Å². The average Bonchev–Trinajstić information content (AvgIpc) is 3.76. The zero-order valence-electron chi connectivity index (χ0n) is 24.3. The van der Waals surface area contributed by atoms with Gasteiger partial charge in [0.15, 0.2) is 5.82 Å². The smallest absolute Gasteiger partial charge is 0.247 e. The first-order valence-corrected chi connectivity index (χ1v) is 14.7. The third-order valence-electron chi connectivity index (χ3n) is 8.49. The van der Waals surface area contributed by atoms with E-state index in [2.05, 4.69) is 68.6 Å². The van der Waals surface area contributed by atoms with Crippen LogP contribution in [0.25, 0.3) is 22.3 Å². The number of aromatic nitrogens is 7. The molecule has 10 nitrogen and oxygen atoms in total. The minimum atomic E-state index is 0.0991. The van der Waals surface area contributed by atoms with E-state index in [1.807, 2.05) is 47.4 Å². The monoisotopic (exact) mass is 560 g/mol. The minimum Gasteiger partial charge on any atom is -0.355 e. The van der Waals surface area contributed by atoms with Crippen LogP contribution < -0.4 is 15.5 Å². The molecular formula is C32H36N10. The molecule has 0 amide bonds. The highest BCUT2D eigenvalue weighted by Crippen LogP contribution is 2.45. The van der Waals surface area contributed by atoms with Crippen molar-refractivity contribution in [3.8, 4) is 11.4 Å². The minimum absolute atomic E-state index is 0.0991. The van der Waals surface area contributed by atoms with Crippen LogP contribution in [0.5, 0.6) is 0 Å². The number of hydrogen-bond acceptors (Lipinski definition) is 9. The lowest BCUT2D eigenvalue weighted by atomic mass is 9.79. The molecule has 2 N–H and O–H groups in total. The standard InChI is InChI=1S/C32H36N10/c1-32(2)19-33-13-12-26(32)41(3)30-28-24(22-9-10-22)16-34-17-25(28)37-29(39-30)23-11-14-35-27(15-23)38-31-36-20-42(40-31)18-21-7-5-4-6-8-21/h4-8,11,14-17,20,22,26,33H,9-10,12-13,18-19H2,1-3H3,(H,35,38,40). The zero-order valence-corrected chi connectivity index (χ0v) is 24.3. The molecule has 1 saturated heterocycles. The molecular weight excluding hydrogens is 524 g/mol. The first kappa shape index (κ1) is 26.5. The second-order valence-electron chi connectivity index (χ2n) is 12.2. The number of hydrogen-bond donors (Lipinski definition) is 2. The maximum absolute atomic E-state index is 5.26. The third-order valence-corrected chi connectivity index (χ3v) is 8.49. The summed E-state index contributed by atoms with van der Waals surface area (Å²) in [7, 11) is 2.19. The van der Waals surface area contributed by atoms with Gasteiger partial charge in [-0.25, -0.2) is 24.6 Å². The number of fused-ring (bicyclic) bond motifs is 1. The van der Waals surface area contributed by atoms with Gasteiger partial charge in [0.05, 0.1) is 18.3 Å². The van der Waals surface area contributed by atoms with Crippen LogP contribution in [0.3, 0.4) is 0 Å². The number of nitrogens with one attached hydrogen (secondary N) is 2. The van der Waals surface area contributed by atoms with Crippen molar-refractivity contribution in [3.63, 3.8) is 0 Å². The predicted molar refractivity (Wildman–Crippen MR) is 165 cm³/mol. The van der Waals surface area contributed by atoms with Crippen LogP contribution in [0, 0.1) is 5.41 Å². The Bertz CT molecular complexity index is 1710. The van der Waals surface area contributed by atoms with Gasteiger partial charge in [0.2, 0.25) is 5.95 Å². The highest BCUT2D eigenvalue weighted by atomic mass is 15.4. The molecule has 5 heterocycles. The Morgan fingerprint density at radius 3 is 2.71 bits per heavy atom. The summed E-state index contributed by atoms with van der Waals surface area (Å²) in [5, 5.41) is 12.5. The number of piperidine rings is 1. The molecule has 4 aromatic heterocycles. The molecule has 0 radical (unpaired) electrons. The van der Waals surface area contributed by atoms with Crippen molar-refractivity contribution in [1.82, 2.24) is 40.0 Å². The summed E-state index contributed by atoms with van der Waals surface area (Å²) in [6.45, 7) is 7.30.